The zero-order valence-electron chi connectivity index (χ0n) is 16.7. The van der Waals surface area contributed by atoms with Gasteiger partial charge in [0.15, 0.2) is 0 Å². The van der Waals surface area contributed by atoms with E-state index in [4.69, 9.17) is 23.2 Å². The van der Waals surface area contributed by atoms with Crippen LogP contribution in [0.15, 0.2) is 78.9 Å². The summed E-state index contributed by atoms with van der Waals surface area (Å²) in [5, 5.41) is 3.77. The molecule has 0 radical (unpaired) electrons. The summed E-state index contributed by atoms with van der Waals surface area (Å²) in [6.45, 7) is 4.61. The lowest BCUT2D eigenvalue weighted by Gasteiger charge is -2.21. The number of hydrogen-bond donors (Lipinski definition) is 0. The molecule has 0 amide bonds. The third-order valence-electron chi connectivity index (χ3n) is 6.54. The molecule has 0 N–H and O–H groups in total. The standard InChI is InChI=1S/C27H19Cl2N/c1-27(2)19-10-4-3-8-18(19)24-20(27)15-14-17-16-9-7-12-22(29)25(16)30(26(17)24)23-13-6-5-11-21(23)28/h3-15H,1-2H3. The van der Waals surface area contributed by atoms with E-state index in [1.54, 1.807) is 0 Å². The molecule has 1 aromatic heterocycles. The predicted octanol–water partition coefficient (Wildman–Crippen LogP) is 8.40. The number of para-hydroxylation sites is 2. The number of halogens is 2. The van der Waals surface area contributed by atoms with Gasteiger partial charge in [0.2, 0.25) is 0 Å². The van der Waals surface area contributed by atoms with Crippen LogP contribution in [0, 0.1) is 0 Å². The van der Waals surface area contributed by atoms with E-state index in [9.17, 15) is 0 Å². The number of hydrogen-bond acceptors (Lipinski definition) is 0. The molecule has 0 aliphatic heterocycles. The van der Waals surface area contributed by atoms with Gasteiger partial charge < -0.3 is 4.57 Å². The molecular weight excluding hydrogens is 409 g/mol. The van der Waals surface area contributed by atoms with Crippen LogP contribution in [0.3, 0.4) is 0 Å². The smallest absolute Gasteiger partial charge is 0.0728 e. The number of aromatic nitrogens is 1. The van der Waals surface area contributed by atoms with Crippen molar-refractivity contribution in [2.75, 3.05) is 0 Å². The van der Waals surface area contributed by atoms with Crippen molar-refractivity contribution in [3.8, 4) is 16.8 Å². The molecule has 0 unspecified atom stereocenters. The molecule has 6 rings (SSSR count). The van der Waals surface area contributed by atoms with Gasteiger partial charge in [-0.15, -0.1) is 0 Å². The lowest BCUT2D eigenvalue weighted by atomic mass is 9.82. The minimum atomic E-state index is -0.0638. The summed E-state index contributed by atoms with van der Waals surface area (Å²) in [5.41, 5.74) is 8.31. The van der Waals surface area contributed by atoms with E-state index in [1.807, 2.05) is 30.3 Å². The second kappa shape index (κ2) is 6.14. The van der Waals surface area contributed by atoms with Crippen molar-refractivity contribution in [2.45, 2.75) is 19.3 Å². The molecule has 0 saturated heterocycles. The topological polar surface area (TPSA) is 4.93 Å². The van der Waals surface area contributed by atoms with Gasteiger partial charge in [-0.2, -0.15) is 0 Å². The quantitative estimate of drug-likeness (QED) is 0.253. The largest absolute Gasteiger partial charge is 0.306 e. The zero-order chi connectivity index (χ0) is 20.6. The Bertz CT molecular complexity index is 1490. The first-order valence-corrected chi connectivity index (χ1v) is 10.9. The molecule has 3 heteroatoms. The van der Waals surface area contributed by atoms with Crippen LogP contribution in [-0.4, -0.2) is 4.57 Å². The van der Waals surface area contributed by atoms with E-state index in [-0.39, 0.29) is 5.41 Å². The fourth-order valence-corrected chi connectivity index (χ4v) is 5.65. The van der Waals surface area contributed by atoms with Crippen LogP contribution in [-0.2, 0) is 5.41 Å². The van der Waals surface area contributed by atoms with Crippen LogP contribution in [0.2, 0.25) is 10.0 Å². The highest BCUT2D eigenvalue weighted by Crippen LogP contribution is 2.53. The van der Waals surface area contributed by atoms with Gasteiger partial charge in [-0.1, -0.05) is 97.7 Å². The molecule has 1 aliphatic rings. The van der Waals surface area contributed by atoms with E-state index < -0.39 is 0 Å². The number of nitrogens with zero attached hydrogens (tertiary/aromatic N) is 1. The highest BCUT2D eigenvalue weighted by molar-refractivity contribution is 6.37. The van der Waals surface area contributed by atoms with Gasteiger partial charge in [0.25, 0.3) is 0 Å². The Morgan fingerprint density at radius 2 is 1.33 bits per heavy atom. The average molecular weight is 428 g/mol. The Morgan fingerprint density at radius 1 is 0.633 bits per heavy atom. The lowest BCUT2D eigenvalue weighted by Crippen LogP contribution is -2.14. The van der Waals surface area contributed by atoms with Crippen molar-refractivity contribution < 1.29 is 0 Å². The summed E-state index contributed by atoms with van der Waals surface area (Å²) in [7, 11) is 0. The Hall–Kier alpha value is -2.74. The van der Waals surface area contributed by atoms with Gasteiger partial charge in [-0.3, -0.25) is 0 Å². The molecule has 0 bridgehead atoms. The summed E-state index contributed by atoms with van der Waals surface area (Å²) < 4.78 is 2.26. The first-order chi connectivity index (χ1) is 14.5. The van der Waals surface area contributed by atoms with Crippen molar-refractivity contribution in [1.29, 1.82) is 0 Å². The molecule has 30 heavy (non-hydrogen) atoms. The normalized spacial score (nSPS) is 14.3. The number of rotatable bonds is 1. The Labute approximate surface area is 185 Å². The fourth-order valence-electron chi connectivity index (χ4n) is 5.17. The minimum absolute atomic E-state index is 0.0638. The number of benzene rings is 4. The van der Waals surface area contributed by atoms with Gasteiger partial charge in [-0.25, -0.2) is 0 Å². The Kier molecular flexibility index (Phi) is 3.69. The minimum Gasteiger partial charge on any atom is -0.306 e. The van der Waals surface area contributed by atoms with Gasteiger partial charge in [0, 0.05) is 21.8 Å². The summed E-state index contributed by atoms with van der Waals surface area (Å²) in [4.78, 5) is 0. The summed E-state index contributed by atoms with van der Waals surface area (Å²) in [5.74, 6) is 0. The molecule has 0 fully saturated rings. The molecule has 1 heterocycles. The highest BCUT2D eigenvalue weighted by atomic mass is 35.5. The second-order valence-corrected chi connectivity index (χ2v) is 9.29. The molecule has 5 aromatic rings. The van der Waals surface area contributed by atoms with Crippen molar-refractivity contribution in [3.05, 3.63) is 100 Å². The molecule has 0 saturated carbocycles. The molecule has 4 aromatic carbocycles. The van der Waals surface area contributed by atoms with Crippen LogP contribution >= 0.6 is 23.2 Å². The summed E-state index contributed by atoms with van der Waals surface area (Å²) in [6.07, 6.45) is 0. The Morgan fingerprint density at radius 3 is 2.17 bits per heavy atom. The monoisotopic (exact) mass is 427 g/mol. The molecular formula is C27H19Cl2N. The van der Waals surface area contributed by atoms with E-state index in [2.05, 4.69) is 66.9 Å². The number of fused-ring (bicyclic) bond motifs is 7. The average Bonchev–Trinajstić information content (AvgIpc) is 3.20. The molecule has 1 aliphatic carbocycles. The van der Waals surface area contributed by atoms with Crippen LogP contribution < -0.4 is 0 Å². The van der Waals surface area contributed by atoms with Crippen LogP contribution in [0.5, 0.6) is 0 Å². The van der Waals surface area contributed by atoms with Gasteiger partial charge in [-0.05, 0) is 34.9 Å². The third-order valence-corrected chi connectivity index (χ3v) is 7.16. The van der Waals surface area contributed by atoms with Crippen LogP contribution in [0.4, 0.5) is 0 Å². The van der Waals surface area contributed by atoms with Crippen molar-refractivity contribution >= 4 is 45.0 Å². The first-order valence-electron chi connectivity index (χ1n) is 10.1. The first kappa shape index (κ1) is 18.1. The van der Waals surface area contributed by atoms with Gasteiger partial charge in [0.1, 0.15) is 0 Å². The maximum absolute atomic E-state index is 6.78. The maximum Gasteiger partial charge on any atom is 0.0728 e. The highest BCUT2D eigenvalue weighted by Gasteiger charge is 2.37. The maximum atomic E-state index is 6.78. The van der Waals surface area contributed by atoms with Gasteiger partial charge in [0.05, 0.1) is 26.8 Å². The van der Waals surface area contributed by atoms with E-state index in [0.717, 1.165) is 21.6 Å². The van der Waals surface area contributed by atoms with Gasteiger partial charge >= 0.3 is 0 Å². The molecule has 146 valence electrons. The van der Waals surface area contributed by atoms with E-state index in [0.29, 0.717) is 5.02 Å². The van der Waals surface area contributed by atoms with Crippen molar-refractivity contribution in [3.63, 3.8) is 0 Å². The van der Waals surface area contributed by atoms with E-state index in [1.165, 1.54) is 33.2 Å². The Balaban J connectivity index is 1.91. The molecule has 0 atom stereocenters. The van der Waals surface area contributed by atoms with E-state index >= 15 is 0 Å². The molecule has 0 spiro atoms. The molecule has 1 nitrogen and oxygen atoms in total. The third kappa shape index (κ3) is 2.20. The van der Waals surface area contributed by atoms with Crippen molar-refractivity contribution in [1.82, 2.24) is 4.57 Å². The second-order valence-electron chi connectivity index (χ2n) is 8.48. The fraction of sp³-hybridized carbons (Fsp3) is 0.111. The zero-order valence-corrected chi connectivity index (χ0v) is 18.2. The predicted molar refractivity (Wildman–Crippen MR) is 128 cm³/mol. The summed E-state index contributed by atoms with van der Waals surface area (Å²) >= 11 is 13.5. The van der Waals surface area contributed by atoms with Crippen molar-refractivity contribution in [2.24, 2.45) is 0 Å². The lowest BCUT2D eigenvalue weighted by molar-refractivity contribution is 0.661. The SMILES string of the molecule is CC1(C)c2ccccc2-c2c1ccc1c3cccc(Cl)c3n(-c3ccccc3Cl)c21. The van der Waals surface area contributed by atoms with Crippen LogP contribution in [0.1, 0.15) is 25.0 Å². The summed E-state index contributed by atoms with van der Waals surface area (Å²) in [6, 6.07) is 27.4. The van der Waals surface area contributed by atoms with Crippen LogP contribution in [0.25, 0.3) is 38.6 Å².